The third-order valence-electron chi connectivity index (χ3n) is 10.9. The van der Waals surface area contributed by atoms with E-state index >= 15 is 0 Å². The molecule has 1 aromatic rings. The average Bonchev–Trinajstić information content (AvgIpc) is 3.53. The largest absolute Gasteiger partial charge is 0.396 e. The molecule has 6 rings (SSSR count). The number of fused-ring (bicyclic) bond motifs is 4. The molecule has 226 valence electrons. The van der Waals surface area contributed by atoms with Crippen LogP contribution in [0.5, 0.6) is 0 Å². The van der Waals surface area contributed by atoms with E-state index in [1.165, 1.54) is 75.5 Å². The number of hydrogen-bond acceptors (Lipinski definition) is 6. The molecule has 3 saturated heterocycles. The second-order valence-electron chi connectivity index (χ2n) is 13.4. The van der Waals surface area contributed by atoms with E-state index in [9.17, 15) is 4.79 Å². The molecule has 41 heavy (non-hydrogen) atoms. The lowest BCUT2D eigenvalue weighted by atomic mass is 9.73. The third-order valence-corrected chi connectivity index (χ3v) is 10.9. The van der Waals surface area contributed by atoms with Gasteiger partial charge >= 0.3 is 0 Å². The number of carbonyl (C=O) groups excluding carboxylic acids is 1. The number of carbonyl (C=O) groups is 1. The quantitative estimate of drug-likeness (QED) is 0.339. The summed E-state index contributed by atoms with van der Waals surface area (Å²) in [5, 5.41) is 13.8. The first-order valence-corrected chi connectivity index (χ1v) is 17.0. The van der Waals surface area contributed by atoms with Crippen molar-refractivity contribution in [3.05, 3.63) is 29.8 Å². The van der Waals surface area contributed by atoms with Crippen molar-refractivity contribution in [1.29, 1.82) is 0 Å². The van der Waals surface area contributed by atoms with Crippen LogP contribution in [-0.2, 0) is 16.1 Å². The predicted octanol–water partition coefficient (Wildman–Crippen LogP) is 6.25. The van der Waals surface area contributed by atoms with Gasteiger partial charge in [-0.25, -0.2) is 10.0 Å². The molecule has 7 heteroatoms. The van der Waals surface area contributed by atoms with Crippen molar-refractivity contribution < 1.29 is 9.63 Å². The summed E-state index contributed by atoms with van der Waals surface area (Å²) in [5.41, 5.74) is 3.03. The Morgan fingerprint density at radius 2 is 1.61 bits per heavy atom. The maximum absolute atomic E-state index is 15.0. The number of hydrazine groups is 1. The SMILES string of the molecule is CCO/N=C(\C)C1C2CN(C(=O)C3(C4CCCCCCC4)Cc4ccccc4N3)CCC2N2CCCCCCCN12. The Kier molecular flexibility index (Phi) is 9.21. The van der Waals surface area contributed by atoms with E-state index in [1.54, 1.807) is 0 Å². The molecule has 5 aliphatic rings. The zero-order chi connectivity index (χ0) is 28.2. The van der Waals surface area contributed by atoms with Crippen LogP contribution in [-0.4, -0.2) is 76.9 Å². The van der Waals surface area contributed by atoms with Gasteiger partial charge in [-0.05, 0) is 63.5 Å². The monoisotopic (exact) mass is 563 g/mol. The molecule has 1 N–H and O–H groups in total. The van der Waals surface area contributed by atoms with Gasteiger partial charge < -0.3 is 15.1 Å². The third kappa shape index (κ3) is 5.78. The fourth-order valence-corrected chi connectivity index (χ4v) is 8.95. The first kappa shape index (κ1) is 29.0. The van der Waals surface area contributed by atoms with Crippen molar-refractivity contribution in [2.45, 2.75) is 121 Å². The predicted molar refractivity (Wildman–Crippen MR) is 166 cm³/mol. The minimum atomic E-state index is -0.517. The van der Waals surface area contributed by atoms with E-state index in [2.05, 4.69) is 56.6 Å². The van der Waals surface area contributed by atoms with Crippen LogP contribution in [0.3, 0.4) is 0 Å². The van der Waals surface area contributed by atoms with Crippen molar-refractivity contribution in [3.8, 4) is 0 Å². The number of hydrogen-bond donors (Lipinski definition) is 1. The van der Waals surface area contributed by atoms with E-state index < -0.39 is 5.54 Å². The van der Waals surface area contributed by atoms with Gasteiger partial charge in [0.05, 0.1) is 11.8 Å². The molecule has 0 bridgehead atoms. The van der Waals surface area contributed by atoms with Crippen LogP contribution >= 0.6 is 0 Å². The fraction of sp³-hybridized carbons (Fsp3) is 0.765. The number of nitrogens with one attached hydrogen (secondary N) is 1. The standard InChI is InChI=1S/C34H53N5O2/c1-3-41-36-26(2)32-29-25-37(23-20-31(29)38-21-14-8-5-9-15-22-39(32)38)33(40)34(28-17-10-6-4-7-11-18-28)24-27-16-12-13-19-30(27)35-34/h12-13,16,19,28-29,31-32,35H,3-11,14-15,17-18,20-25H2,1-2H3/b36-26+. The summed E-state index contributed by atoms with van der Waals surface area (Å²) < 4.78 is 0. The van der Waals surface area contributed by atoms with Crippen LogP contribution in [0.15, 0.2) is 29.4 Å². The molecule has 0 aromatic heterocycles. The van der Waals surface area contributed by atoms with Crippen LogP contribution in [0.1, 0.15) is 103 Å². The number of para-hydroxylation sites is 1. The molecule has 4 aliphatic heterocycles. The Balaban J connectivity index is 1.29. The Hall–Kier alpha value is -2.12. The Labute approximate surface area is 248 Å². The summed E-state index contributed by atoms with van der Waals surface area (Å²) in [6.07, 6.45) is 17.0. The molecule has 1 saturated carbocycles. The van der Waals surface area contributed by atoms with Gasteiger partial charge in [-0.2, -0.15) is 0 Å². The second kappa shape index (κ2) is 13.0. The smallest absolute Gasteiger partial charge is 0.248 e. The first-order chi connectivity index (χ1) is 20.1. The number of benzene rings is 1. The zero-order valence-corrected chi connectivity index (χ0v) is 25.7. The van der Waals surface area contributed by atoms with Gasteiger partial charge in [0.2, 0.25) is 5.91 Å². The van der Waals surface area contributed by atoms with Crippen molar-refractivity contribution >= 4 is 17.3 Å². The van der Waals surface area contributed by atoms with Crippen molar-refractivity contribution in [2.24, 2.45) is 17.0 Å². The highest BCUT2D eigenvalue weighted by molar-refractivity contribution is 5.93. The summed E-state index contributed by atoms with van der Waals surface area (Å²) >= 11 is 0. The van der Waals surface area contributed by atoms with Gasteiger partial charge in [-0.1, -0.05) is 74.7 Å². The fourth-order valence-electron chi connectivity index (χ4n) is 8.95. The molecule has 1 aromatic carbocycles. The van der Waals surface area contributed by atoms with Crippen molar-refractivity contribution in [3.63, 3.8) is 0 Å². The zero-order valence-electron chi connectivity index (χ0n) is 25.7. The number of likely N-dealkylation sites (tertiary alicyclic amines) is 1. The Bertz CT molecular complexity index is 1040. The van der Waals surface area contributed by atoms with E-state index in [0.717, 1.165) is 57.6 Å². The van der Waals surface area contributed by atoms with Gasteiger partial charge in [-0.3, -0.25) is 4.79 Å². The number of anilines is 1. The topological polar surface area (TPSA) is 60.4 Å². The van der Waals surface area contributed by atoms with E-state index in [1.807, 2.05) is 6.92 Å². The summed E-state index contributed by atoms with van der Waals surface area (Å²) in [5.74, 6) is 1.09. The number of oxime groups is 1. The van der Waals surface area contributed by atoms with Gasteiger partial charge in [0.1, 0.15) is 12.1 Å². The van der Waals surface area contributed by atoms with E-state index in [-0.39, 0.29) is 6.04 Å². The molecular formula is C34H53N5O2. The van der Waals surface area contributed by atoms with Crippen LogP contribution in [0.25, 0.3) is 0 Å². The molecule has 7 nitrogen and oxygen atoms in total. The van der Waals surface area contributed by atoms with Gasteiger partial charge in [0.25, 0.3) is 0 Å². The minimum Gasteiger partial charge on any atom is -0.396 e. The molecule has 1 amide bonds. The normalized spacial score (nSPS) is 32.4. The van der Waals surface area contributed by atoms with Crippen LogP contribution < -0.4 is 5.32 Å². The number of rotatable bonds is 5. The number of nitrogens with zero attached hydrogens (tertiary/aromatic N) is 4. The van der Waals surface area contributed by atoms with Crippen LogP contribution in [0.4, 0.5) is 5.69 Å². The molecule has 0 spiro atoms. The lowest BCUT2D eigenvalue weighted by Crippen LogP contribution is -2.61. The molecular weight excluding hydrogens is 510 g/mol. The molecule has 4 fully saturated rings. The average molecular weight is 564 g/mol. The van der Waals surface area contributed by atoms with Crippen LogP contribution in [0.2, 0.25) is 0 Å². The van der Waals surface area contributed by atoms with E-state index in [4.69, 9.17) is 4.84 Å². The molecule has 0 radical (unpaired) electrons. The summed E-state index contributed by atoms with van der Waals surface area (Å²) in [7, 11) is 0. The second-order valence-corrected chi connectivity index (χ2v) is 13.4. The Morgan fingerprint density at radius 1 is 0.927 bits per heavy atom. The maximum Gasteiger partial charge on any atom is 0.248 e. The lowest BCUT2D eigenvalue weighted by molar-refractivity contribution is -0.140. The van der Waals surface area contributed by atoms with Gasteiger partial charge in [0.15, 0.2) is 0 Å². The maximum atomic E-state index is 15.0. The summed E-state index contributed by atoms with van der Waals surface area (Å²) in [6, 6.07) is 9.32. The molecule has 4 heterocycles. The first-order valence-electron chi connectivity index (χ1n) is 17.0. The van der Waals surface area contributed by atoms with Gasteiger partial charge in [0, 0.05) is 50.2 Å². The molecule has 1 aliphatic carbocycles. The summed E-state index contributed by atoms with van der Waals surface area (Å²) in [6.45, 7) is 8.60. The molecule has 4 unspecified atom stereocenters. The van der Waals surface area contributed by atoms with Crippen molar-refractivity contribution in [2.75, 3.05) is 38.1 Å². The highest BCUT2D eigenvalue weighted by atomic mass is 16.6. The number of piperidine rings is 1. The highest BCUT2D eigenvalue weighted by Gasteiger charge is 2.55. The minimum absolute atomic E-state index is 0.200. The number of amides is 1. The molecule has 4 atom stereocenters. The Morgan fingerprint density at radius 3 is 2.34 bits per heavy atom. The lowest BCUT2D eigenvalue weighted by Gasteiger charge is -2.45. The van der Waals surface area contributed by atoms with Gasteiger partial charge in [-0.15, -0.1) is 0 Å². The van der Waals surface area contributed by atoms with Crippen molar-refractivity contribution in [1.82, 2.24) is 14.9 Å². The van der Waals surface area contributed by atoms with Crippen LogP contribution in [0, 0.1) is 11.8 Å². The summed E-state index contributed by atoms with van der Waals surface area (Å²) in [4.78, 5) is 22.9. The highest BCUT2D eigenvalue weighted by Crippen LogP contribution is 2.45. The van der Waals surface area contributed by atoms with E-state index in [0.29, 0.717) is 30.4 Å².